The zero-order chi connectivity index (χ0) is 18.5. The van der Waals surface area contributed by atoms with Crippen molar-refractivity contribution in [1.29, 1.82) is 0 Å². The van der Waals surface area contributed by atoms with Crippen LogP contribution < -0.4 is 0 Å². The van der Waals surface area contributed by atoms with E-state index >= 15 is 0 Å². The molecule has 2 aliphatic carbocycles. The summed E-state index contributed by atoms with van der Waals surface area (Å²) in [5.41, 5.74) is 8.38. The average Bonchev–Trinajstić information content (AvgIpc) is 2.74. The van der Waals surface area contributed by atoms with E-state index in [1.807, 2.05) is 6.07 Å². The lowest BCUT2D eigenvalue weighted by atomic mass is 9.74. The van der Waals surface area contributed by atoms with E-state index in [1.54, 1.807) is 5.56 Å². The second kappa shape index (κ2) is 6.44. The van der Waals surface area contributed by atoms with E-state index in [9.17, 15) is 0 Å². The topological polar surface area (TPSA) is 25.8 Å². The Hall–Kier alpha value is -2.22. The van der Waals surface area contributed by atoms with E-state index in [0.29, 0.717) is 11.8 Å². The van der Waals surface area contributed by atoms with E-state index in [4.69, 9.17) is 9.97 Å². The van der Waals surface area contributed by atoms with Crippen LogP contribution in [0.2, 0.25) is 0 Å². The van der Waals surface area contributed by atoms with E-state index in [2.05, 4.69) is 57.2 Å². The van der Waals surface area contributed by atoms with Crippen molar-refractivity contribution in [3.05, 3.63) is 59.3 Å². The quantitative estimate of drug-likeness (QED) is 0.489. The van der Waals surface area contributed by atoms with E-state index in [0.717, 1.165) is 39.8 Å². The predicted octanol–water partition coefficient (Wildman–Crippen LogP) is 6.63. The fourth-order valence-corrected chi connectivity index (χ4v) is 5.69. The molecule has 2 aromatic carbocycles. The summed E-state index contributed by atoms with van der Waals surface area (Å²) in [5, 5.41) is 0. The maximum atomic E-state index is 5.06. The van der Waals surface area contributed by atoms with Gasteiger partial charge in [0.2, 0.25) is 0 Å². The number of nitrogens with zero attached hydrogens (tertiary/aromatic N) is 2. The summed E-state index contributed by atoms with van der Waals surface area (Å²) < 4.78 is 0. The molecule has 1 heterocycles. The maximum absolute atomic E-state index is 5.06. The fourth-order valence-electron chi connectivity index (χ4n) is 5.69. The molecule has 1 saturated carbocycles. The number of aromatic nitrogens is 2. The average molecular weight is 357 g/mol. The van der Waals surface area contributed by atoms with Crippen LogP contribution in [0.4, 0.5) is 0 Å². The van der Waals surface area contributed by atoms with Gasteiger partial charge in [0.05, 0.1) is 22.4 Å². The lowest BCUT2D eigenvalue weighted by Gasteiger charge is -2.32. The molecule has 0 radical (unpaired) electrons. The number of aryl methyl sites for hydroxylation is 1. The number of hydrogen-bond donors (Lipinski definition) is 0. The predicted molar refractivity (Wildman–Crippen MR) is 112 cm³/mol. The second-order valence-electron chi connectivity index (χ2n) is 9.01. The summed E-state index contributed by atoms with van der Waals surface area (Å²) in [6, 6.07) is 15.2. The van der Waals surface area contributed by atoms with Gasteiger partial charge in [-0.1, -0.05) is 44.2 Å². The van der Waals surface area contributed by atoms with Gasteiger partial charge >= 0.3 is 0 Å². The van der Waals surface area contributed by atoms with Gasteiger partial charge in [-0.05, 0) is 79.5 Å². The van der Waals surface area contributed by atoms with Crippen LogP contribution in [-0.4, -0.2) is 9.97 Å². The van der Waals surface area contributed by atoms with Crippen molar-refractivity contribution >= 4 is 11.0 Å². The normalized spacial score (nSPS) is 27.2. The Kier molecular flexibility index (Phi) is 4.03. The second-order valence-corrected chi connectivity index (χ2v) is 9.01. The number of benzene rings is 2. The monoisotopic (exact) mass is 356 g/mol. The van der Waals surface area contributed by atoms with Gasteiger partial charge in [0, 0.05) is 5.56 Å². The zero-order valence-electron chi connectivity index (χ0n) is 16.6. The van der Waals surface area contributed by atoms with Crippen LogP contribution in [0.5, 0.6) is 0 Å². The molecular formula is C25H28N2. The molecule has 138 valence electrons. The Labute approximate surface area is 162 Å². The van der Waals surface area contributed by atoms with E-state index in [-0.39, 0.29) is 0 Å². The summed E-state index contributed by atoms with van der Waals surface area (Å²) in [5.74, 6) is 3.05. The Morgan fingerprint density at radius 1 is 0.815 bits per heavy atom. The highest BCUT2D eigenvalue weighted by atomic mass is 14.8. The van der Waals surface area contributed by atoms with Crippen LogP contribution in [0.15, 0.2) is 42.5 Å². The fraction of sp³-hybridized carbons (Fsp3) is 0.440. The van der Waals surface area contributed by atoms with Crippen molar-refractivity contribution in [3.8, 4) is 11.3 Å². The third-order valence-corrected chi connectivity index (χ3v) is 6.79. The highest BCUT2D eigenvalue weighted by Gasteiger charge is 2.34. The molecule has 1 fully saturated rings. The van der Waals surface area contributed by atoms with Crippen molar-refractivity contribution < 1.29 is 0 Å². The third-order valence-electron chi connectivity index (χ3n) is 6.79. The van der Waals surface area contributed by atoms with Gasteiger partial charge in [0.1, 0.15) is 0 Å². The first-order valence-electron chi connectivity index (χ1n) is 10.5. The van der Waals surface area contributed by atoms with Crippen molar-refractivity contribution in [2.45, 2.75) is 58.3 Å². The molecule has 4 atom stereocenters. The van der Waals surface area contributed by atoms with Crippen LogP contribution in [0, 0.1) is 18.8 Å². The summed E-state index contributed by atoms with van der Waals surface area (Å²) in [6.07, 6.45) is 5.42. The van der Waals surface area contributed by atoms with Gasteiger partial charge in [-0.15, -0.1) is 0 Å². The molecular weight excluding hydrogens is 328 g/mol. The summed E-state index contributed by atoms with van der Waals surface area (Å²) in [7, 11) is 0. The Morgan fingerprint density at radius 3 is 2.37 bits per heavy atom. The van der Waals surface area contributed by atoms with Crippen LogP contribution in [-0.2, 0) is 0 Å². The highest BCUT2D eigenvalue weighted by Crippen LogP contribution is 2.49. The Balaban J connectivity index is 1.68. The van der Waals surface area contributed by atoms with Gasteiger partial charge in [-0.25, -0.2) is 9.97 Å². The lowest BCUT2D eigenvalue weighted by Crippen LogP contribution is -2.18. The van der Waals surface area contributed by atoms with Crippen molar-refractivity contribution in [3.63, 3.8) is 0 Å². The number of rotatable bonds is 1. The summed E-state index contributed by atoms with van der Waals surface area (Å²) in [4.78, 5) is 10.0. The largest absolute Gasteiger partial charge is 0.249 e. The van der Waals surface area contributed by atoms with E-state index < -0.39 is 0 Å². The molecule has 4 unspecified atom stereocenters. The minimum atomic E-state index is 0.618. The van der Waals surface area contributed by atoms with Crippen LogP contribution in [0.1, 0.15) is 68.2 Å². The molecule has 27 heavy (non-hydrogen) atoms. The zero-order valence-corrected chi connectivity index (χ0v) is 16.6. The SMILES string of the molecule is Cc1nc2cc3c(cc2nc1-c1ccccc1)C(C)CC1CC(C)CC3C1. The molecule has 2 aliphatic rings. The minimum Gasteiger partial charge on any atom is -0.249 e. The van der Waals surface area contributed by atoms with Gasteiger partial charge < -0.3 is 0 Å². The molecule has 0 amide bonds. The van der Waals surface area contributed by atoms with Gasteiger partial charge in [0.25, 0.3) is 0 Å². The Bertz CT molecular complexity index is 992. The first-order valence-corrected chi connectivity index (χ1v) is 10.5. The molecule has 0 saturated heterocycles. The molecule has 5 rings (SSSR count). The first kappa shape index (κ1) is 16.9. The lowest BCUT2D eigenvalue weighted by molar-refractivity contribution is 0.244. The molecule has 2 nitrogen and oxygen atoms in total. The standard InChI is InChI=1S/C25H28N2/c1-15-9-18-11-16(2)21-13-24-23(14-22(21)20(10-15)12-18)26-17(3)25(27-24)19-7-5-4-6-8-19/h4-8,13-16,18,20H,9-12H2,1-3H3. The minimum absolute atomic E-state index is 0.618. The highest BCUT2D eigenvalue weighted by molar-refractivity contribution is 5.80. The number of fused-ring (bicyclic) bond motifs is 5. The Morgan fingerprint density at radius 2 is 1.56 bits per heavy atom. The molecule has 2 heteroatoms. The van der Waals surface area contributed by atoms with Crippen LogP contribution in [0.25, 0.3) is 22.3 Å². The molecule has 0 aliphatic heterocycles. The van der Waals surface area contributed by atoms with Gasteiger partial charge in [-0.2, -0.15) is 0 Å². The summed E-state index contributed by atoms with van der Waals surface area (Å²) in [6.45, 7) is 6.93. The summed E-state index contributed by atoms with van der Waals surface area (Å²) >= 11 is 0. The van der Waals surface area contributed by atoms with Crippen molar-refractivity contribution in [1.82, 2.24) is 9.97 Å². The van der Waals surface area contributed by atoms with Crippen molar-refractivity contribution in [2.75, 3.05) is 0 Å². The molecule has 1 aromatic heterocycles. The first-order chi connectivity index (χ1) is 13.1. The molecule has 3 aromatic rings. The molecule has 0 N–H and O–H groups in total. The number of hydrogen-bond acceptors (Lipinski definition) is 2. The van der Waals surface area contributed by atoms with E-state index in [1.165, 1.54) is 31.2 Å². The molecule has 2 bridgehead atoms. The van der Waals surface area contributed by atoms with Crippen LogP contribution in [0.3, 0.4) is 0 Å². The van der Waals surface area contributed by atoms with Gasteiger partial charge in [-0.3, -0.25) is 0 Å². The van der Waals surface area contributed by atoms with Crippen LogP contribution >= 0.6 is 0 Å². The molecule has 0 spiro atoms. The maximum Gasteiger partial charge on any atom is 0.0922 e. The smallest absolute Gasteiger partial charge is 0.0922 e. The van der Waals surface area contributed by atoms with Crippen molar-refractivity contribution in [2.24, 2.45) is 11.8 Å². The third kappa shape index (κ3) is 2.96. The van der Waals surface area contributed by atoms with Gasteiger partial charge in [0.15, 0.2) is 0 Å².